The molecule has 184 valence electrons. The Morgan fingerprint density at radius 2 is 1.92 bits per heavy atom. The number of ether oxygens (including phenoxy) is 2. The summed E-state index contributed by atoms with van der Waals surface area (Å²) in [5.74, 6) is 0.673. The molecule has 0 amide bonds. The van der Waals surface area contributed by atoms with Crippen molar-refractivity contribution in [3.8, 4) is 28.8 Å². The molecule has 5 aromatic rings. The highest BCUT2D eigenvalue weighted by molar-refractivity contribution is 7.99. The second kappa shape index (κ2) is 9.43. The van der Waals surface area contributed by atoms with Crippen LogP contribution in [0.3, 0.4) is 0 Å². The zero-order valence-electron chi connectivity index (χ0n) is 20.2. The summed E-state index contributed by atoms with van der Waals surface area (Å²) < 4.78 is 13.0. The van der Waals surface area contributed by atoms with Crippen LogP contribution in [-0.4, -0.2) is 39.8 Å². The molecule has 4 heterocycles. The predicted molar refractivity (Wildman–Crippen MR) is 142 cm³/mol. The normalized spacial score (nSPS) is 15.0. The number of aromatic nitrogens is 3. The zero-order valence-corrected chi connectivity index (χ0v) is 21.0. The Kier molecular flexibility index (Phi) is 5.95. The summed E-state index contributed by atoms with van der Waals surface area (Å²) in [5, 5.41) is 21.2. The standard InChI is InChI=1S/C29H24N4O3S/c1-35-26-7-10-31-16-24(26)23-15-27-32-28(34)17-33(27)25-14-21(5-6-22(23)25)37-20-4-2-3-19(13-20)29(18-30)8-11-36-12-9-29/h2-7,10,13-17,34H,8-9,11-12H2,1H3. The number of pyridine rings is 2. The fourth-order valence-electron chi connectivity index (χ4n) is 5.05. The summed E-state index contributed by atoms with van der Waals surface area (Å²) in [4.78, 5) is 10.7. The Morgan fingerprint density at radius 3 is 2.73 bits per heavy atom. The Bertz CT molecular complexity index is 1670. The molecule has 1 aliphatic rings. The van der Waals surface area contributed by atoms with E-state index < -0.39 is 5.41 Å². The van der Waals surface area contributed by atoms with Gasteiger partial charge in [0.05, 0.1) is 30.3 Å². The SMILES string of the molecule is COc1ccncc1-c1cc2nc(O)cn2c2cc(Sc3cccc(C4(C#N)CCOCC4)c3)ccc12. The van der Waals surface area contributed by atoms with Crippen LogP contribution in [-0.2, 0) is 10.2 Å². The first-order valence-electron chi connectivity index (χ1n) is 12.0. The number of rotatable bonds is 5. The fourth-order valence-corrected chi connectivity index (χ4v) is 5.96. The van der Waals surface area contributed by atoms with Gasteiger partial charge < -0.3 is 14.6 Å². The minimum atomic E-state index is -0.504. The molecule has 0 saturated carbocycles. The number of aromatic hydroxyl groups is 1. The third kappa shape index (κ3) is 4.16. The molecule has 1 fully saturated rings. The first-order chi connectivity index (χ1) is 18.1. The van der Waals surface area contributed by atoms with Crippen molar-refractivity contribution >= 4 is 28.3 Å². The lowest BCUT2D eigenvalue weighted by Gasteiger charge is -2.31. The van der Waals surface area contributed by atoms with Crippen LogP contribution in [0.5, 0.6) is 11.6 Å². The van der Waals surface area contributed by atoms with E-state index >= 15 is 0 Å². The summed E-state index contributed by atoms with van der Waals surface area (Å²) in [5.41, 5.74) is 3.85. The highest BCUT2D eigenvalue weighted by Gasteiger charge is 2.34. The van der Waals surface area contributed by atoms with Gasteiger partial charge in [0.2, 0.25) is 5.88 Å². The highest BCUT2D eigenvalue weighted by Crippen LogP contribution is 2.40. The zero-order chi connectivity index (χ0) is 25.4. The number of nitriles is 1. The minimum absolute atomic E-state index is 0.0411. The van der Waals surface area contributed by atoms with Crippen molar-refractivity contribution in [1.82, 2.24) is 14.4 Å². The first kappa shape index (κ1) is 23.3. The summed E-state index contributed by atoms with van der Waals surface area (Å²) in [6.07, 6.45) is 6.51. The molecule has 6 rings (SSSR count). The van der Waals surface area contributed by atoms with Gasteiger partial charge in [-0.1, -0.05) is 30.0 Å². The molecule has 37 heavy (non-hydrogen) atoms. The molecule has 0 spiro atoms. The number of nitrogens with zero attached hydrogens (tertiary/aromatic N) is 4. The van der Waals surface area contributed by atoms with Crippen molar-refractivity contribution < 1.29 is 14.6 Å². The van der Waals surface area contributed by atoms with E-state index in [1.807, 2.05) is 28.7 Å². The number of fused-ring (bicyclic) bond motifs is 3. The monoisotopic (exact) mass is 508 g/mol. The molecule has 7 nitrogen and oxygen atoms in total. The van der Waals surface area contributed by atoms with Crippen LogP contribution in [0.2, 0.25) is 0 Å². The Balaban J connectivity index is 1.44. The number of methoxy groups -OCH3 is 1. The highest BCUT2D eigenvalue weighted by atomic mass is 32.2. The molecule has 0 aliphatic carbocycles. The molecule has 8 heteroatoms. The summed E-state index contributed by atoms with van der Waals surface area (Å²) in [6, 6.07) is 20.9. The molecule has 1 N–H and O–H groups in total. The third-order valence-electron chi connectivity index (χ3n) is 6.99. The Labute approximate surface area is 218 Å². The van der Waals surface area contributed by atoms with E-state index in [1.54, 1.807) is 37.5 Å². The van der Waals surface area contributed by atoms with E-state index in [-0.39, 0.29) is 5.88 Å². The molecule has 0 radical (unpaired) electrons. The molecule has 3 aromatic heterocycles. The lowest BCUT2D eigenvalue weighted by molar-refractivity contribution is 0.0675. The van der Waals surface area contributed by atoms with Gasteiger partial charge in [-0.25, -0.2) is 0 Å². The van der Waals surface area contributed by atoms with Crippen molar-refractivity contribution in [1.29, 1.82) is 5.26 Å². The predicted octanol–water partition coefficient (Wildman–Crippen LogP) is 5.99. The third-order valence-corrected chi connectivity index (χ3v) is 7.97. The van der Waals surface area contributed by atoms with E-state index in [4.69, 9.17) is 9.47 Å². The van der Waals surface area contributed by atoms with Gasteiger partial charge in [-0.15, -0.1) is 0 Å². The van der Waals surface area contributed by atoms with Crippen molar-refractivity contribution in [2.24, 2.45) is 0 Å². The van der Waals surface area contributed by atoms with Crippen LogP contribution in [0.4, 0.5) is 0 Å². The van der Waals surface area contributed by atoms with Crippen LogP contribution in [0.15, 0.2) is 83.0 Å². The van der Waals surface area contributed by atoms with Gasteiger partial charge in [-0.05, 0) is 60.4 Å². The van der Waals surface area contributed by atoms with Gasteiger partial charge in [0.1, 0.15) is 11.4 Å². The van der Waals surface area contributed by atoms with E-state index in [9.17, 15) is 10.4 Å². The molecule has 0 bridgehead atoms. The van der Waals surface area contributed by atoms with Gasteiger partial charge >= 0.3 is 0 Å². The van der Waals surface area contributed by atoms with Crippen LogP contribution in [0.25, 0.3) is 27.7 Å². The lowest BCUT2D eigenvalue weighted by Crippen LogP contribution is -2.32. The molecule has 2 aromatic carbocycles. The average Bonchev–Trinajstić information content (AvgIpc) is 3.33. The van der Waals surface area contributed by atoms with Crippen LogP contribution in [0, 0.1) is 11.3 Å². The van der Waals surface area contributed by atoms with E-state index in [0.29, 0.717) is 37.5 Å². The molecule has 1 aliphatic heterocycles. The van der Waals surface area contributed by atoms with Crippen LogP contribution >= 0.6 is 11.8 Å². The molecular formula is C29H24N4O3S. The fraction of sp³-hybridized carbons (Fsp3) is 0.207. The average molecular weight is 509 g/mol. The largest absolute Gasteiger partial charge is 0.496 e. The minimum Gasteiger partial charge on any atom is -0.496 e. The smallest absolute Gasteiger partial charge is 0.230 e. The summed E-state index contributed by atoms with van der Waals surface area (Å²) in [6.45, 7) is 1.21. The van der Waals surface area contributed by atoms with Gasteiger partial charge in [0, 0.05) is 46.3 Å². The van der Waals surface area contributed by atoms with Crippen molar-refractivity contribution in [3.63, 3.8) is 0 Å². The summed E-state index contributed by atoms with van der Waals surface area (Å²) in [7, 11) is 1.64. The maximum Gasteiger partial charge on any atom is 0.230 e. The lowest BCUT2D eigenvalue weighted by atomic mass is 9.75. The van der Waals surface area contributed by atoms with Gasteiger partial charge in [0.25, 0.3) is 0 Å². The Hall–Kier alpha value is -4.06. The number of hydrogen-bond acceptors (Lipinski definition) is 7. The maximum absolute atomic E-state index is 10.2. The second-order valence-electron chi connectivity index (χ2n) is 9.08. The van der Waals surface area contributed by atoms with Crippen molar-refractivity contribution in [2.45, 2.75) is 28.0 Å². The van der Waals surface area contributed by atoms with Crippen molar-refractivity contribution in [3.05, 3.63) is 78.8 Å². The topological polar surface area (TPSA) is 92.7 Å². The molecule has 0 atom stereocenters. The second-order valence-corrected chi connectivity index (χ2v) is 10.2. The van der Waals surface area contributed by atoms with Gasteiger partial charge in [-0.3, -0.25) is 9.38 Å². The van der Waals surface area contributed by atoms with Gasteiger partial charge in [-0.2, -0.15) is 10.2 Å². The number of benzene rings is 2. The number of imidazole rings is 1. The quantitative estimate of drug-likeness (QED) is 0.312. The van der Waals surface area contributed by atoms with Crippen LogP contribution in [0.1, 0.15) is 18.4 Å². The number of hydrogen-bond donors (Lipinski definition) is 1. The maximum atomic E-state index is 10.2. The molecular weight excluding hydrogens is 484 g/mol. The van der Waals surface area contributed by atoms with E-state index in [0.717, 1.165) is 37.4 Å². The summed E-state index contributed by atoms with van der Waals surface area (Å²) >= 11 is 1.64. The van der Waals surface area contributed by atoms with Crippen LogP contribution < -0.4 is 4.74 Å². The first-order valence-corrected chi connectivity index (χ1v) is 12.8. The van der Waals surface area contributed by atoms with E-state index in [1.165, 1.54) is 0 Å². The molecule has 0 unspecified atom stereocenters. The Morgan fingerprint density at radius 1 is 1.08 bits per heavy atom. The van der Waals surface area contributed by atoms with E-state index in [2.05, 4.69) is 46.4 Å². The van der Waals surface area contributed by atoms with Crippen molar-refractivity contribution in [2.75, 3.05) is 20.3 Å². The molecule has 1 saturated heterocycles. The van der Waals surface area contributed by atoms with Gasteiger partial charge in [0.15, 0.2) is 0 Å².